The fourth-order valence-electron chi connectivity index (χ4n) is 2.81. The minimum atomic E-state index is -0.810. The maximum Gasteiger partial charge on any atom is 0.195 e. The molecule has 0 bridgehead atoms. The van der Waals surface area contributed by atoms with Crippen molar-refractivity contribution in [3.63, 3.8) is 0 Å². The topological polar surface area (TPSA) is 93.6 Å². The van der Waals surface area contributed by atoms with Crippen LogP contribution in [-0.2, 0) is 4.74 Å². The highest BCUT2D eigenvalue weighted by molar-refractivity contribution is 5.93. The Morgan fingerprint density at radius 3 is 2.39 bits per heavy atom. The van der Waals surface area contributed by atoms with Crippen LogP contribution >= 0.6 is 0 Å². The molecule has 8 nitrogen and oxygen atoms in total. The highest BCUT2D eigenvalue weighted by Crippen LogP contribution is 2.26. The Kier molecular flexibility index (Phi) is 10.5. The van der Waals surface area contributed by atoms with Crippen LogP contribution in [-0.4, -0.2) is 58.7 Å². The van der Waals surface area contributed by atoms with Gasteiger partial charge in [-0.1, -0.05) is 6.07 Å². The molecular formula is C23H33N3O5. The highest BCUT2D eigenvalue weighted by atomic mass is 16.5. The standard InChI is InChI=1S/C23H33N3O5/c1-5-24-23(26-18-8-6-9-19(14-18)31-11-7-10-28-2)25-16-22(27)17-12-20(29-3)15-21(13-17)30-4/h6,8-9,12-15,22,27H,5,7,10-11,16H2,1-4H3,(H2,24,25,26). The molecule has 1 atom stereocenters. The maximum atomic E-state index is 10.6. The Bertz CT molecular complexity index is 806. The number of guanidine groups is 1. The first kappa shape index (κ1) is 24.3. The summed E-state index contributed by atoms with van der Waals surface area (Å²) >= 11 is 0. The molecule has 0 amide bonds. The van der Waals surface area contributed by atoms with Crippen molar-refractivity contribution in [3.05, 3.63) is 48.0 Å². The first-order valence-corrected chi connectivity index (χ1v) is 10.3. The summed E-state index contributed by atoms with van der Waals surface area (Å²) in [4.78, 5) is 4.52. The lowest BCUT2D eigenvalue weighted by Gasteiger charge is -2.15. The third-order valence-corrected chi connectivity index (χ3v) is 4.38. The number of aliphatic hydroxyl groups is 1. The van der Waals surface area contributed by atoms with Gasteiger partial charge in [-0.2, -0.15) is 0 Å². The molecule has 170 valence electrons. The smallest absolute Gasteiger partial charge is 0.195 e. The van der Waals surface area contributed by atoms with Crippen molar-refractivity contribution in [1.82, 2.24) is 5.32 Å². The molecule has 31 heavy (non-hydrogen) atoms. The molecule has 2 rings (SSSR count). The maximum absolute atomic E-state index is 10.6. The van der Waals surface area contributed by atoms with Gasteiger partial charge in [0.2, 0.25) is 0 Å². The number of methoxy groups -OCH3 is 3. The molecule has 0 aromatic heterocycles. The van der Waals surface area contributed by atoms with Crippen molar-refractivity contribution in [3.8, 4) is 17.2 Å². The fraction of sp³-hybridized carbons (Fsp3) is 0.435. The monoisotopic (exact) mass is 431 g/mol. The van der Waals surface area contributed by atoms with Crippen LogP contribution < -0.4 is 24.8 Å². The lowest BCUT2D eigenvalue weighted by atomic mass is 10.1. The van der Waals surface area contributed by atoms with Gasteiger partial charge in [-0.25, -0.2) is 4.99 Å². The molecule has 0 saturated heterocycles. The van der Waals surface area contributed by atoms with Crippen LogP contribution in [0.5, 0.6) is 17.2 Å². The second-order valence-electron chi connectivity index (χ2n) is 6.73. The van der Waals surface area contributed by atoms with Gasteiger partial charge in [-0.15, -0.1) is 0 Å². The number of hydrogen-bond acceptors (Lipinski definition) is 6. The minimum absolute atomic E-state index is 0.166. The van der Waals surface area contributed by atoms with Gasteiger partial charge in [0.05, 0.1) is 33.5 Å². The van der Waals surface area contributed by atoms with E-state index in [1.165, 1.54) is 0 Å². The molecule has 0 heterocycles. The van der Waals surface area contributed by atoms with Crippen molar-refractivity contribution in [1.29, 1.82) is 0 Å². The van der Waals surface area contributed by atoms with E-state index in [9.17, 15) is 5.11 Å². The first-order chi connectivity index (χ1) is 15.1. The summed E-state index contributed by atoms with van der Waals surface area (Å²) in [6.45, 7) is 4.08. The summed E-state index contributed by atoms with van der Waals surface area (Å²) in [6.07, 6.45) is 0.0143. The second-order valence-corrected chi connectivity index (χ2v) is 6.73. The van der Waals surface area contributed by atoms with E-state index >= 15 is 0 Å². The Hall–Kier alpha value is -2.97. The van der Waals surface area contributed by atoms with Gasteiger partial charge in [0.1, 0.15) is 17.2 Å². The van der Waals surface area contributed by atoms with E-state index < -0.39 is 6.10 Å². The zero-order valence-electron chi connectivity index (χ0n) is 18.7. The molecule has 0 aliphatic rings. The van der Waals surface area contributed by atoms with Gasteiger partial charge in [-0.3, -0.25) is 0 Å². The number of nitrogens with one attached hydrogen (secondary N) is 2. The number of aliphatic imine (C=N–C) groups is 1. The zero-order chi connectivity index (χ0) is 22.5. The van der Waals surface area contributed by atoms with Crippen molar-refractivity contribution in [2.24, 2.45) is 4.99 Å². The zero-order valence-corrected chi connectivity index (χ0v) is 18.7. The summed E-state index contributed by atoms with van der Waals surface area (Å²) in [5, 5.41) is 17.1. The van der Waals surface area contributed by atoms with Gasteiger partial charge >= 0.3 is 0 Å². The third-order valence-electron chi connectivity index (χ3n) is 4.38. The van der Waals surface area contributed by atoms with Crippen LogP contribution in [0.2, 0.25) is 0 Å². The molecule has 1 unspecified atom stereocenters. The van der Waals surface area contributed by atoms with E-state index in [1.807, 2.05) is 31.2 Å². The number of aliphatic hydroxyl groups excluding tert-OH is 1. The molecule has 0 aliphatic heterocycles. The molecule has 2 aromatic carbocycles. The van der Waals surface area contributed by atoms with Crippen LogP contribution in [0.1, 0.15) is 25.0 Å². The van der Waals surface area contributed by atoms with Crippen LogP contribution in [0.15, 0.2) is 47.5 Å². The number of anilines is 1. The molecule has 0 radical (unpaired) electrons. The number of nitrogens with zero attached hydrogens (tertiary/aromatic N) is 1. The van der Waals surface area contributed by atoms with E-state index in [2.05, 4.69) is 15.6 Å². The van der Waals surface area contributed by atoms with Gasteiger partial charge in [0.15, 0.2) is 5.96 Å². The lowest BCUT2D eigenvalue weighted by molar-refractivity contribution is 0.172. The third kappa shape index (κ3) is 8.35. The Morgan fingerprint density at radius 1 is 1.00 bits per heavy atom. The van der Waals surface area contributed by atoms with Gasteiger partial charge in [0.25, 0.3) is 0 Å². The van der Waals surface area contributed by atoms with E-state index in [-0.39, 0.29) is 6.54 Å². The van der Waals surface area contributed by atoms with Gasteiger partial charge in [0, 0.05) is 44.5 Å². The minimum Gasteiger partial charge on any atom is -0.497 e. The molecule has 0 saturated carbocycles. The van der Waals surface area contributed by atoms with Crippen LogP contribution in [0.4, 0.5) is 5.69 Å². The average molecular weight is 432 g/mol. The number of benzene rings is 2. The van der Waals surface area contributed by atoms with Crippen LogP contribution in [0.25, 0.3) is 0 Å². The van der Waals surface area contributed by atoms with Crippen molar-refractivity contribution < 1.29 is 24.1 Å². The summed E-state index contributed by atoms with van der Waals surface area (Å²) in [5.74, 6) is 2.56. The second kappa shape index (κ2) is 13.4. The van der Waals surface area contributed by atoms with Crippen molar-refractivity contribution in [2.75, 3.05) is 52.9 Å². The number of rotatable bonds is 12. The summed E-state index contributed by atoms with van der Waals surface area (Å²) in [7, 11) is 4.82. The molecule has 0 fully saturated rings. The molecule has 3 N–H and O–H groups in total. The average Bonchev–Trinajstić information content (AvgIpc) is 2.80. The van der Waals surface area contributed by atoms with Crippen molar-refractivity contribution >= 4 is 11.6 Å². The Morgan fingerprint density at radius 2 is 1.74 bits per heavy atom. The SMILES string of the molecule is CCNC(=NCC(O)c1cc(OC)cc(OC)c1)Nc1cccc(OCCCOC)c1. The number of ether oxygens (including phenoxy) is 4. The summed E-state index contributed by atoms with van der Waals surface area (Å²) in [5.41, 5.74) is 1.50. The van der Waals surface area contributed by atoms with E-state index in [1.54, 1.807) is 39.5 Å². The molecular weight excluding hydrogens is 398 g/mol. The van der Waals surface area contributed by atoms with Crippen molar-refractivity contribution in [2.45, 2.75) is 19.4 Å². The summed E-state index contributed by atoms with van der Waals surface area (Å²) < 4.78 is 21.3. The molecule has 8 heteroatoms. The fourth-order valence-corrected chi connectivity index (χ4v) is 2.81. The predicted molar refractivity (Wildman–Crippen MR) is 123 cm³/mol. The number of hydrogen-bond donors (Lipinski definition) is 3. The van der Waals surface area contributed by atoms with E-state index in [0.29, 0.717) is 42.8 Å². The van der Waals surface area contributed by atoms with E-state index in [4.69, 9.17) is 18.9 Å². The van der Waals surface area contributed by atoms with Gasteiger partial charge in [-0.05, 0) is 36.8 Å². The van der Waals surface area contributed by atoms with Crippen LogP contribution in [0.3, 0.4) is 0 Å². The normalized spacial score (nSPS) is 12.2. The quantitative estimate of drug-likeness (QED) is 0.270. The first-order valence-electron chi connectivity index (χ1n) is 10.3. The highest BCUT2D eigenvalue weighted by Gasteiger charge is 2.11. The summed E-state index contributed by atoms with van der Waals surface area (Å²) in [6, 6.07) is 13.0. The van der Waals surface area contributed by atoms with Crippen LogP contribution in [0, 0.1) is 0 Å². The molecule has 2 aromatic rings. The molecule has 0 spiro atoms. The molecule has 0 aliphatic carbocycles. The van der Waals surface area contributed by atoms with Gasteiger partial charge < -0.3 is 34.7 Å². The van der Waals surface area contributed by atoms with E-state index in [0.717, 1.165) is 17.9 Å². The Labute approximate surface area is 184 Å². The Balaban J connectivity index is 2.05. The lowest BCUT2D eigenvalue weighted by Crippen LogP contribution is -2.31. The largest absolute Gasteiger partial charge is 0.497 e. The predicted octanol–water partition coefficient (Wildman–Crippen LogP) is 3.23.